The van der Waals surface area contributed by atoms with Crippen molar-refractivity contribution in [3.05, 3.63) is 81.2 Å². The van der Waals surface area contributed by atoms with E-state index in [1.807, 2.05) is 18.2 Å². The Morgan fingerprint density at radius 3 is 2.62 bits per heavy atom. The fourth-order valence-corrected chi connectivity index (χ4v) is 2.78. The van der Waals surface area contributed by atoms with Gasteiger partial charge in [-0.25, -0.2) is 0 Å². The Bertz CT molecular complexity index is 841. The lowest BCUT2D eigenvalue weighted by atomic mass is 10.0. The summed E-state index contributed by atoms with van der Waals surface area (Å²) in [5.41, 5.74) is 7.24. The summed E-state index contributed by atoms with van der Waals surface area (Å²) in [6.07, 6.45) is 1.77. The number of rotatable bonds is 3. The maximum atomic E-state index is 11.8. The zero-order valence-electron chi connectivity index (χ0n) is 11.4. The minimum absolute atomic E-state index is 0.0468. The second kappa shape index (κ2) is 5.84. The smallest absolute Gasteiger partial charge is 0.250 e. The highest BCUT2D eigenvalue weighted by Crippen LogP contribution is 2.20. The van der Waals surface area contributed by atoms with Crippen LogP contribution in [0.2, 0.25) is 0 Å². The van der Waals surface area contributed by atoms with Crippen LogP contribution in [0.4, 0.5) is 0 Å². The molecule has 106 valence electrons. The number of nitrogens with two attached hydrogens (primary N) is 1. The van der Waals surface area contributed by atoms with E-state index >= 15 is 0 Å². The largest absolute Gasteiger partial charge is 0.322 e. The van der Waals surface area contributed by atoms with Crippen LogP contribution >= 0.6 is 15.9 Å². The van der Waals surface area contributed by atoms with Gasteiger partial charge in [0.25, 0.3) is 5.56 Å². The van der Waals surface area contributed by atoms with Gasteiger partial charge in [0, 0.05) is 29.3 Å². The van der Waals surface area contributed by atoms with Crippen molar-refractivity contribution in [2.75, 3.05) is 0 Å². The molecule has 0 spiro atoms. The third-order valence-electron chi connectivity index (χ3n) is 3.54. The first-order valence-corrected chi connectivity index (χ1v) is 7.53. The molecular weight excluding hydrogens is 328 g/mol. The molecule has 0 aliphatic heterocycles. The summed E-state index contributed by atoms with van der Waals surface area (Å²) in [6, 6.07) is 17.4. The Morgan fingerprint density at radius 1 is 1.05 bits per heavy atom. The molecule has 4 heteroatoms. The molecule has 21 heavy (non-hydrogen) atoms. The Morgan fingerprint density at radius 2 is 1.81 bits per heavy atom. The minimum Gasteiger partial charge on any atom is -0.322 e. The van der Waals surface area contributed by atoms with Gasteiger partial charge in [-0.3, -0.25) is 4.79 Å². The lowest BCUT2D eigenvalue weighted by Gasteiger charge is -2.15. The number of aromatic nitrogens is 1. The fourth-order valence-electron chi connectivity index (χ4n) is 2.40. The Labute approximate surface area is 131 Å². The van der Waals surface area contributed by atoms with Crippen LogP contribution in [0.25, 0.3) is 10.8 Å². The van der Waals surface area contributed by atoms with E-state index in [0.29, 0.717) is 6.54 Å². The van der Waals surface area contributed by atoms with Crippen LogP contribution in [0.5, 0.6) is 0 Å². The van der Waals surface area contributed by atoms with Crippen molar-refractivity contribution in [2.45, 2.75) is 12.6 Å². The second-order valence-electron chi connectivity index (χ2n) is 5.05. The Balaban J connectivity index is 1.91. The zero-order chi connectivity index (χ0) is 14.8. The van der Waals surface area contributed by atoms with E-state index in [1.54, 1.807) is 16.8 Å². The van der Waals surface area contributed by atoms with Gasteiger partial charge in [-0.1, -0.05) is 36.4 Å². The first-order valence-electron chi connectivity index (χ1n) is 6.74. The van der Waals surface area contributed by atoms with E-state index in [-0.39, 0.29) is 11.6 Å². The van der Waals surface area contributed by atoms with Crippen LogP contribution in [-0.2, 0) is 6.54 Å². The molecular formula is C17H15BrN2O. The Kier molecular flexibility index (Phi) is 3.90. The van der Waals surface area contributed by atoms with Gasteiger partial charge >= 0.3 is 0 Å². The van der Waals surface area contributed by atoms with Crippen molar-refractivity contribution in [1.29, 1.82) is 0 Å². The average molecular weight is 343 g/mol. The molecule has 0 fully saturated rings. The molecule has 1 unspecified atom stereocenters. The van der Waals surface area contributed by atoms with E-state index in [0.717, 1.165) is 15.4 Å². The van der Waals surface area contributed by atoms with Crippen LogP contribution in [-0.4, -0.2) is 4.57 Å². The average Bonchev–Trinajstić information content (AvgIpc) is 2.50. The number of hydrogen-bond donors (Lipinski definition) is 1. The third-order valence-corrected chi connectivity index (χ3v) is 4.01. The van der Waals surface area contributed by atoms with Gasteiger partial charge in [0.15, 0.2) is 0 Å². The van der Waals surface area contributed by atoms with Crippen LogP contribution < -0.4 is 11.3 Å². The molecule has 2 aromatic carbocycles. The summed E-state index contributed by atoms with van der Waals surface area (Å²) in [7, 11) is 0. The molecule has 0 saturated carbocycles. The van der Waals surface area contributed by atoms with Crippen LogP contribution in [0.15, 0.2) is 70.1 Å². The van der Waals surface area contributed by atoms with Crippen molar-refractivity contribution in [3.63, 3.8) is 0 Å². The summed E-state index contributed by atoms with van der Waals surface area (Å²) in [5, 5.41) is 2.35. The standard InChI is InChI=1S/C17H15BrN2O/c18-15-7-8-17(21)20(10-15)11-16(19)14-6-5-12-3-1-2-4-13(12)9-14/h1-10,16H,11,19H2. The minimum atomic E-state index is -0.221. The number of nitrogens with zero attached hydrogens (tertiary/aromatic N) is 1. The monoisotopic (exact) mass is 342 g/mol. The SMILES string of the molecule is NC(Cn1cc(Br)ccc1=O)c1ccc2ccccc2c1. The quantitative estimate of drug-likeness (QED) is 0.792. The summed E-state index contributed by atoms with van der Waals surface area (Å²) in [6.45, 7) is 0.455. The van der Waals surface area contributed by atoms with E-state index in [1.165, 1.54) is 11.5 Å². The molecule has 3 rings (SSSR count). The van der Waals surface area contributed by atoms with Crippen LogP contribution in [0, 0.1) is 0 Å². The molecule has 1 heterocycles. The normalized spacial score (nSPS) is 12.5. The van der Waals surface area contributed by atoms with Crippen molar-refractivity contribution >= 4 is 26.7 Å². The van der Waals surface area contributed by atoms with Crippen molar-refractivity contribution in [1.82, 2.24) is 4.57 Å². The number of hydrogen-bond acceptors (Lipinski definition) is 2. The fraction of sp³-hybridized carbons (Fsp3) is 0.118. The molecule has 0 aliphatic carbocycles. The first-order chi connectivity index (χ1) is 10.1. The van der Waals surface area contributed by atoms with E-state index < -0.39 is 0 Å². The maximum Gasteiger partial charge on any atom is 0.250 e. The molecule has 1 aromatic heterocycles. The summed E-state index contributed by atoms with van der Waals surface area (Å²) >= 11 is 3.37. The van der Waals surface area contributed by atoms with Crippen LogP contribution in [0.3, 0.4) is 0 Å². The van der Waals surface area contributed by atoms with Crippen molar-refractivity contribution < 1.29 is 0 Å². The molecule has 0 aliphatic rings. The zero-order valence-corrected chi connectivity index (χ0v) is 13.0. The van der Waals surface area contributed by atoms with E-state index in [9.17, 15) is 4.79 Å². The summed E-state index contributed by atoms with van der Waals surface area (Å²) < 4.78 is 2.50. The van der Waals surface area contributed by atoms with Gasteiger partial charge in [-0.05, 0) is 44.4 Å². The number of pyridine rings is 1. The lowest BCUT2D eigenvalue weighted by molar-refractivity contribution is 0.561. The number of halogens is 1. The van der Waals surface area contributed by atoms with Crippen molar-refractivity contribution in [2.24, 2.45) is 5.73 Å². The first kappa shape index (κ1) is 14.0. The van der Waals surface area contributed by atoms with Gasteiger partial charge in [-0.15, -0.1) is 0 Å². The molecule has 0 saturated heterocycles. The van der Waals surface area contributed by atoms with Crippen molar-refractivity contribution in [3.8, 4) is 0 Å². The summed E-state index contributed by atoms with van der Waals surface area (Å²) in [4.78, 5) is 11.8. The molecule has 3 aromatic rings. The van der Waals surface area contributed by atoms with Gasteiger partial charge in [-0.2, -0.15) is 0 Å². The predicted molar refractivity (Wildman–Crippen MR) is 89.3 cm³/mol. The molecule has 0 bridgehead atoms. The summed E-state index contributed by atoms with van der Waals surface area (Å²) in [5.74, 6) is 0. The molecule has 0 amide bonds. The van der Waals surface area contributed by atoms with Crippen LogP contribution in [0.1, 0.15) is 11.6 Å². The number of fused-ring (bicyclic) bond motifs is 1. The van der Waals surface area contributed by atoms with Gasteiger partial charge < -0.3 is 10.3 Å². The highest BCUT2D eigenvalue weighted by Gasteiger charge is 2.09. The highest BCUT2D eigenvalue weighted by molar-refractivity contribution is 9.10. The van der Waals surface area contributed by atoms with Gasteiger partial charge in [0.2, 0.25) is 0 Å². The van der Waals surface area contributed by atoms with E-state index in [2.05, 4.69) is 40.2 Å². The highest BCUT2D eigenvalue weighted by atomic mass is 79.9. The Hall–Kier alpha value is -1.91. The third kappa shape index (κ3) is 3.06. The molecule has 1 atom stereocenters. The van der Waals surface area contributed by atoms with E-state index in [4.69, 9.17) is 5.73 Å². The predicted octanol–water partition coefficient (Wildman–Crippen LogP) is 3.46. The number of benzene rings is 2. The second-order valence-corrected chi connectivity index (χ2v) is 5.97. The lowest BCUT2D eigenvalue weighted by Crippen LogP contribution is -2.25. The molecule has 0 radical (unpaired) electrons. The van der Waals surface area contributed by atoms with Gasteiger partial charge in [0.05, 0.1) is 0 Å². The molecule has 2 N–H and O–H groups in total. The topological polar surface area (TPSA) is 48.0 Å². The maximum absolute atomic E-state index is 11.8. The molecule has 3 nitrogen and oxygen atoms in total. The van der Waals surface area contributed by atoms with Gasteiger partial charge in [0.1, 0.15) is 0 Å².